The highest BCUT2D eigenvalue weighted by molar-refractivity contribution is 7.89. The molecule has 0 atom stereocenters. The Morgan fingerprint density at radius 3 is 2.47 bits per heavy atom. The highest BCUT2D eigenvalue weighted by Crippen LogP contribution is 2.39. The number of methoxy groups -OCH3 is 1. The Hall–Kier alpha value is -1.85. The van der Waals surface area contributed by atoms with Gasteiger partial charge in [0.15, 0.2) is 15.6 Å². The van der Waals surface area contributed by atoms with Gasteiger partial charge in [-0.05, 0) is 19.1 Å². The van der Waals surface area contributed by atoms with Gasteiger partial charge in [0.05, 0.1) is 7.11 Å². The molecule has 0 saturated heterocycles. The van der Waals surface area contributed by atoms with Gasteiger partial charge in [0.25, 0.3) is 0 Å². The number of anilines is 1. The summed E-state index contributed by atoms with van der Waals surface area (Å²) in [6.07, 6.45) is 0. The maximum Gasteiger partial charge on any atom is 0.431 e. The summed E-state index contributed by atoms with van der Waals surface area (Å²) >= 11 is 0. The minimum atomic E-state index is -3.72. The summed E-state index contributed by atoms with van der Waals surface area (Å²) in [4.78, 5) is 2.98. The van der Waals surface area contributed by atoms with Crippen LogP contribution in [0, 0.1) is 5.39 Å². The van der Waals surface area contributed by atoms with Crippen LogP contribution < -0.4 is 14.8 Å². The second-order valence-electron chi connectivity index (χ2n) is 3.62. The predicted molar refractivity (Wildman–Crippen MR) is 72.8 cm³/mol. The van der Waals surface area contributed by atoms with Gasteiger partial charge in [0.1, 0.15) is 5.75 Å². The number of nitrogens with zero attached hydrogens (tertiary/aromatic N) is 2. The van der Waals surface area contributed by atoms with Crippen molar-refractivity contribution < 1.29 is 13.2 Å². The van der Waals surface area contributed by atoms with E-state index in [1.54, 1.807) is 6.92 Å². The van der Waals surface area contributed by atoms with Gasteiger partial charge in [-0.25, -0.2) is 13.1 Å². The summed E-state index contributed by atoms with van der Waals surface area (Å²) in [5, 5.41) is 12.0. The molecule has 104 valence electrons. The molecule has 0 fully saturated rings. The molecular weight excluding hydrogens is 268 g/mol. The molecule has 0 spiro atoms. The molecule has 0 saturated carbocycles. The van der Waals surface area contributed by atoms with E-state index in [0.717, 1.165) is 0 Å². The van der Waals surface area contributed by atoms with E-state index in [1.165, 1.54) is 19.2 Å². The molecule has 0 bridgehead atoms. The lowest BCUT2D eigenvalue weighted by Gasteiger charge is -2.09. The van der Waals surface area contributed by atoms with Gasteiger partial charge in [0.2, 0.25) is 15.4 Å². The number of hydrogen-bond donors (Lipinski definition) is 2. The first-order chi connectivity index (χ1) is 9.01. The van der Waals surface area contributed by atoms with Crippen molar-refractivity contribution in [2.45, 2.75) is 18.7 Å². The third kappa shape index (κ3) is 3.13. The van der Waals surface area contributed by atoms with E-state index in [2.05, 4.69) is 15.0 Å². The SMILES string of the molecule is CCNc1c(OC)ccc(S(=O)(=O)NCC)c1[N+]#N. The smallest absolute Gasteiger partial charge is 0.431 e. The zero-order valence-corrected chi connectivity index (χ0v) is 11.9. The molecule has 0 aromatic heterocycles. The number of hydrogen-bond acceptors (Lipinski definition) is 5. The Kier molecular flexibility index (Phi) is 5.09. The van der Waals surface area contributed by atoms with Crippen LogP contribution in [0.5, 0.6) is 5.75 Å². The van der Waals surface area contributed by atoms with Crippen LogP contribution in [0.25, 0.3) is 4.98 Å². The van der Waals surface area contributed by atoms with Crippen molar-refractivity contribution in [2.24, 2.45) is 0 Å². The molecule has 8 heteroatoms. The van der Waals surface area contributed by atoms with Gasteiger partial charge < -0.3 is 10.1 Å². The second-order valence-corrected chi connectivity index (χ2v) is 5.36. The molecule has 0 radical (unpaired) electrons. The molecule has 0 aliphatic heterocycles. The summed E-state index contributed by atoms with van der Waals surface area (Å²) < 4.78 is 31.5. The maximum absolute atomic E-state index is 12.0. The fourth-order valence-corrected chi connectivity index (χ4v) is 2.84. The molecule has 0 aliphatic rings. The molecular formula is C11H17N4O3S+. The fourth-order valence-electron chi connectivity index (χ4n) is 1.66. The van der Waals surface area contributed by atoms with Crippen LogP contribution in [0.3, 0.4) is 0 Å². The largest absolute Gasteiger partial charge is 0.494 e. The van der Waals surface area contributed by atoms with Gasteiger partial charge in [-0.15, -0.1) is 0 Å². The summed E-state index contributed by atoms with van der Waals surface area (Å²) in [6, 6.07) is 2.85. The monoisotopic (exact) mass is 285 g/mol. The maximum atomic E-state index is 12.0. The van der Waals surface area contributed by atoms with Crippen LogP contribution in [0.2, 0.25) is 0 Å². The van der Waals surface area contributed by atoms with Crippen molar-refractivity contribution in [3.05, 3.63) is 17.1 Å². The molecule has 19 heavy (non-hydrogen) atoms. The minimum absolute atomic E-state index is 0.0675. The number of benzene rings is 1. The summed E-state index contributed by atoms with van der Waals surface area (Å²) in [6.45, 7) is 4.29. The molecule has 1 aromatic rings. The number of ether oxygens (including phenoxy) is 1. The highest BCUT2D eigenvalue weighted by atomic mass is 32.2. The number of rotatable bonds is 6. The van der Waals surface area contributed by atoms with Crippen molar-refractivity contribution in [2.75, 3.05) is 25.5 Å². The lowest BCUT2D eigenvalue weighted by Crippen LogP contribution is -2.23. The van der Waals surface area contributed by atoms with Crippen molar-refractivity contribution in [1.82, 2.24) is 4.72 Å². The van der Waals surface area contributed by atoms with Crippen molar-refractivity contribution in [1.29, 1.82) is 5.39 Å². The van der Waals surface area contributed by atoms with Crippen LogP contribution in [-0.2, 0) is 10.0 Å². The summed E-state index contributed by atoms with van der Waals surface area (Å²) in [5.41, 5.74) is 0.272. The fraction of sp³-hybridized carbons (Fsp3) is 0.455. The molecule has 0 amide bonds. The third-order valence-corrected chi connectivity index (χ3v) is 3.98. The Labute approximate surface area is 112 Å². The van der Waals surface area contributed by atoms with Crippen LogP contribution in [0.4, 0.5) is 11.4 Å². The third-order valence-electron chi connectivity index (χ3n) is 2.40. The zero-order chi connectivity index (χ0) is 14.5. The molecule has 1 rings (SSSR count). The van der Waals surface area contributed by atoms with Crippen LogP contribution >= 0.6 is 0 Å². The van der Waals surface area contributed by atoms with E-state index in [4.69, 9.17) is 10.1 Å². The quantitative estimate of drug-likeness (QED) is 0.778. The first-order valence-corrected chi connectivity index (χ1v) is 7.29. The molecule has 1 aromatic carbocycles. The number of diazo groups is 1. The molecule has 2 N–H and O–H groups in total. The lowest BCUT2D eigenvalue weighted by molar-refractivity contribution is 0.416. The topological polar surface area (TPSA) is 95.6 Å². The summed E-state index contributed by atoms with van der Waals surface area (Å²) in [7, 11) is -2.26. The molecule has 0 unspecified atom stereocenters. The predicted octanol–water partition coefficient (Wildman–Crippen LogP) is 1.91. The van der Waals surface area contributed by atoms with E-state index in [-0.39, 0.29) is 17.1 Å². The molecule has 0 heterocycles. The highest BCUT2D eigenvalue weighted by Gasteiger charge is 2.31. The van der Waals surface area contributed by atoms with Crippen LogP contribution in [0.15, 0.2) is 17.0 Å². The lowest BCUT2D eigenvalue weighted by atomic mass is 10.2. The van der Waals surface area contributed by atoms with Gasteiger partial charge >= 0.3 is 5.69 Å². The molecule has 7 nitrogen and oxygen atoms in total. The van der Waals surface area contributed by atoms with E-state index in [1.807, 2.05) is 6.92 Å². The first kappa shape index (κ1) is 15.2. The Bertz CT molecular complexity index is 593. The Morgan fingerprint density at radius 1 is 1.32 bits per heavy atom. The second kappa shape index (κ2) is 6.36. The van der Waals surface area contributed by atoms with Crippen molar-refractivity contribution in [3.8, 4) is 5.75 Å². The van der Waals surface area contributed by atoms with E-state index >= 15 is 0 Å². The van der Waals surface area contributed by atoms with Gasteiger partial charge in [-0.1, -0.05) is 6.92 Å². The Morgan fingerprint density at radius 2 is 2.00 bits per heavy atom. The van der Waals surface area contributed by atoms with Crippen molar-refractivity contribution >= 4 is 21.4 Å². The van der Waals surface area contributed by atoms with Gasteiger partial charge in [-0.3, -0.25) is 0 Å². The molecule has 0 aliphatic carbocycles. The average Bonchev–Trinajstić information content (AvgIpc) is 2.38. The van der Waals surface area contributed by atoms with Gasteiger partial charge in [0, 0.05) is 13.1 Å². The van der Waals surface area contributed by atoms with Crippen molar-refractivity contribution in [3.63, 3.8) is 0 Å². The van der Waals surface area contributed by atoms with E-state index in [0.29, 0.717) is 18.0 Å². The standard InChI is InChI=1S/C11H17N4O3S/c1-4-13-10-8(18-3)6-7-9(11(10)15-12)19(16,17)14-5-2/h6-7,13-14H,4-5H2,1-3H3/q+1. The Balaban J connectivity index is 3.52. The van der Waals surface area contributed by atoms with Crippen LogP contribution in [-0.4, -0.2) is 28.6 Å². The minimum Gasteiger partial charge on any atom is -0.494 e. The van der Waals surface area contributed by atoms with E-state index in [9.17, 15) is 8.42 Å². The normalized spacial score (nSPS) is 10.8. The number of sulfonamides is 1. The average molecular weight is 285 g/mol. The van der Waals surface area contributed by atoms with Gasteiger partial charge in [-0.2, -0.15) is 0 Å². The van der Waals surface area contributed by atoms with Crippen LogP contribution in [0.1, 0.15) is 13.8 Å². The summed E-state index contributed by atoms with van der Waals surface area (Å²) in [5.74, 6) is 0.407. The number of nitrogens with one attached hydrogen (secondary N) is 2. The zero-order valence-electron chi connectivity index (χ0n) is 11.1. The van der Waals surface area contributed by atoms with E-state index < -0.39 is 10.0 Å². The first-order valence-electron chi connectivity index (χ1n) is 5.81.